The zero-order chi connectivity index (χ0) is 11.7. The number of benzene rings is 1. The average molecular weight is 214 g/mol. The summed E-state index contributed by atoms with van der Waals surface area (Å²) in [7, 11) is 2.06. The molecule has 0 amide bonds. The topological polar surface area (TPSA) is 33.4 Å². The molecular weight excluding hydrogens is 199 g/mol. The van der Waals surface area contributed by atoms with E-state index in [1.807, 2.05) is 13.8 Å². The Kier molecular flexibility index (Phi) is 2.88. The maximum absolute atomic E-state index is 10.2. The second-order valence-corrected chi connectivity index (χ2v) is 4.23. The van der Waals surface area contributed by atoms with E-state index in [1.54, 1.807) is 18.4 Å². The van der Waals surface area contributed by atoms with E-state index < -0.39 is 6.10 Å². The van der Waals surface area contributed by atoms with Crippen LogP contribution in [0.4, 0.5) is 0 Å². The smallest absolute Gasteiger partial charge is 0.139 e. The van der Waals surface area contributed by atoms with Crippen LogP contribution in [0, 0.1) is 13.8 Å². The van der Waals surface area contributed by atoms with E-state index in [9.17, 15) is 5.11 Å². The Balaban J connectivity index is 2.48. The highest BCUT2D eigenvalue weighted by molar-refractivity contribution is 6.32. The van der Waals surface area contributed by atoms with Crippen molar-refractivity contribution in [3.05, 3.63) is 53.0 Å². The number of aliphatic hydroxyl groups is 1. The van der Waals surface area contributed by atoms with Gasteiger partial charge in [0.2, 0.25) is 0 Å². The monoisotopic (exact) mass is 214 g/mol. The minimum absolute atomic E-state index is 0.593. The maximum atomic E-state index is 10.2. The summed E-state index contributed by atoms with van der Waals surface area (Å²) in [5.41, 5.74) is 4.36. The lowest BCUT2D eigenvalue weighted by Crippen LogP contribution is -2.10. The molecule has 1 aromatic heterocycles. The van der Waals surface area contributed by atoms with Gasteiger partial charge >= 0.3 is 0 Å². The molecule has 1 heterocycles. The van der Waals surface area contributed by atoms with Crippen LogP contribution in [-0.4, -0.2) is 13.0 Å². The SMILES string of the molecule is Bc1cc(C)c(C(O)c2ccco2)c(C)c1. The van der Waals surface area contributed by atoms with E-state index in [-0.39, 0.29) is 0 Å². The van der Waals surface area contributed by atoms with Crippen molar-refractivity contribution in [3.8, 4) is 0 Å². The first-order valence-corrected chi connectivity index (χ1v) is 5.39. The van der Waals surface area contributed by atoms with Crippen molar-refractivity contribution in [2.24, 2.45) is 0 Å². The number of rotatable bonds is 2. The van der Waals surface area contributed by atoms with Gasteiger partial charge in [-0.15, -0.1) is 0 Å². The maximum Gasteiger partial charge on any atom is 0.139 e. The Hall–Kier alpha value is -1.48. The molecule has 1 unspecified atom stereocenters. The highest BCUT2D eigenvalue weighted by Crippen LogP contribution is 2.27. The van der Waals surface area contributed by atoms with Crippen LogP contribution in [0.25, 0.3) is 0 Å². The molecule has 0 spiro atoms. The Morgan fingerprint density at radius 2 is 1.88 bits per heavy atom. The zero-order valence-electron chi connectivity index (χ0n) is 9.82. The Morgan fingerprint density at radius 1 is 1.25 bits per heavy atom. The zero-order valence-corrected chi connectivity index (χ0v) is 9.82. The predicted octanol–water partition coefficient (Wildman–Crippen LogP) is 1.24. The summed E-state index contributed by atoms with van der Waals surface area (Å²) in [4.78, 5) is 0. The van der Waals surface area contributed by atoms with E-state index in [0.29, 0.717) is 5.76 Å². The van der Waals surface area contributed by atoms with Crippen LogP contribution in [0.5, 0.6) is 0 Å². The highest BCUT2D eigenvalue weighted by atomic mass is 16.4. The number of hydrogen-bond acceptors (Lipinski definition) is 2. The van der Waals surface area contributed by atoms with Crippen molar-refractivity contribution in [1.29, 1.82) is 0 Å². The predicted molar refractivity (Wildman–Crippen MR) is 66.9 cm³/mol. The quantitative estimate of drug-likeness (QED) is 0.763. The van der Waals surface area contributed by atoms with E-state index >= 15 is 0 Å². The molecule has 1 N–H and O–H groups in total. The lowest BCUT2D eigenvalue weighted by molar-refractivity contribution is 0.188. The van der Waals surface area contributed by atoms with Crippen LogP contribution >= 0.6 is 0 Å². The molecule has 16 heavy (non-hydrogen) atoms. The molecule has 2 aromatic rings. The molecule has 2 rings (SSSR count). The molecule has 0 saturated carbocycles. The van der Waals surface area contributed by atoms with Crippen LogP contribution in [0.3, 0.4) is 0 Å². The Morgan fingerprint density at radius 3 is 2.38 bits per heavy atom. The van der Waals surface area contributed by atoms with Crippen LogP contribution in [0.2, 0.25) is 0 Å². The molecule has 0 aliphatic carbocycles. The van der Waals surface area contributed by atoms with Crippen LogP contribution in [0.1, 0.15) is 28.6 Å². The molecule has 2 nitrogen and oxygen atoms in total. The van der Waals surface area contributed by atoms with Gasteiger partial charge < -0.3 is 9.52 Å². The molecule has 0 fully saturated rings. The molecule has 0 saturated heterocycles. The third-order valence-electron chi connectivity index (χ3n) is 2.82. The standard InChI is InChI=1S/C13H15BO2/c1-8-6-10(14)7-9(2)12(8)13(15)11-4-3-5-16-11/h3-7,13,15H,14H2,1-2H3. The summed E-state index contributed by atoms with van der Waals surface area (Å²) >= 11 is 0. The Labute approximate surface area is 96.3 Å². The fraction of sp³-hybridized carbons (Fsp3) is 0.231. The fourth-order valence-corrected chi connectivity index (χ4v) is 2.21. The molecule has 0 aliphatic rings. The Bertz CT molecular complexity index is 466. The van der Waals surface area contributed by atoms with E-state index in [4.69, 9.17) is 4.42 Å². The minimum atomic E-state index is -0.671. The number of aryl methyl sites for hydroxylation is 2. The lowest BCUT2D eigenvalue weighted by Gasteiger charge is -2.15. The van der Waals surface area contributed by atoms with E-state index in [2.05, 4.69) is 20.0 Å². The first kappa shape index (κ1) is 11.0. The second-order valence-electron chi connectivity index (χ2n) is 4.23. The van der Waals surface area contributed by atoms with Crippen LogP contribution in [0.15, 0.2) is 34.9 Å². The molecule has 1 atom stereocenters. The molecule has 0 radical (unpaired) electrons. The highest BCUT2D eigenvalue weighted by Gasteiger charge is 2.17. The van der Waals surface area contributed by atoms with Crippen molar-refractivity contribution in [2.75, 3.05) is 0 Å². The first-order valence-electron chi connectivity index (χ1n) is 5.39. The summed E-state index contributed by atoms with van der Waals surface area (Å²) in [6.45, 7) is 4.03. The summed E-state index contributed by atoms with van der Waals surface area (Å²) in [5, 5.41) is 10.2. The number of aliphatic hydroxyl groups excluding tert-OH is 1. The number of furan rings is 1. The van der Waals surface area contributed by atoms with E-state index in [1.165, 1.54) is 5.46 Å². The summed E-state index contributed by atoms with van der Waals surface area (Å²) in [6.07, 6.45) is 0.910. The fourth-order valence-electron chi connectivity index (χ4n) is 2.21. The van der Waals surface area contributed by atoms with Gasteiger partial charge in [0.1, 0.15) is 19.7 Å². The van der Waals surface area contributed by atoms with Gasteiger partial charge in [-0.2, -0.15) is 0 Å². The van der Waals surface area contributed by atoms with Gasteiger partial charge in [0, 0.05) is 0 Å². The van der Waals surface area contributed by atoms with Gasteiger partial charge in [-0.3, -0.25) is 0 Å². The lowest BCUT2D eigenvalue weighted by atomic mass is 9.87. The third-order valence-corrected chi connectivity index (χ3v) is 2.82. The summed E-state index contributed by atoms with van der Waals surface area (Å²) in [6, 6.07) is 7.74. The van der Waals surface area contributed by atoms with Gasteiger partial charge in [-0.05, 0) is 42.7 Å². The van der Waals surface area contributed by atoms with Gasteiger partial charge in [-0.25, -0.2) is 0 Å². The molecule has 0 aliphatic heterocycles. The van der Waals surface area contributed by atoms with Gasteiger partial charge in [-0.1, -0.05) is 17.6 Å². The number of hydrogen-bond donors (Lipinski definition) is 1. The van der Waals surface area contributed by atoms with Gasteiger partial charge in [0.15, 0.2) is 0 Å². The van der Waals surface area contributed by atoms with Crippen molar-refractivity contribution in [1.82, 2.24) is 0 Å². The van der Waals surface area contributed by atoms with Gasteiger partial charge in [0.05, 0.1) is 6.26 Å². The van der Waals surface area contributed by atoms with E-state index in [0.717, 1.165) is 16.7 Å². The molecular formula is C13H15BO2. The van der Waals surface area contributed by atoms with Gasteiger partial charge in [0.25, 0.3) is 0 Å². The molecule has 82 valence electrons. The van der Waals surface area contributed by atoms with Crippen LogP contribution < -0.4 is 5.46 Å². The summed E-state index contributed by atoms with van der Waals surface area (Å²) < 4.78 is 5.24. The average Bonchev–Trinajstić information content (AvgIpc) is 2.67. The molecule has 0 bridgehead atoms. The normalized spacial score (nSPS) is 12.7. The molecule has 1 aromatic carbocycles. The second kappa shape index (κ2) is 4.18. The minimum Gasteiger partial charge on any atom is -0.466 e. The van der Waals surface area contributed by atoms with Crippen molar-refractivity contribution >= 4 is 13.3 Å². The summed E-state index contributed by atoms with van der Waals surface area (Å²) in [5.74, 6) is 0.593. The largest absolute Gasteiger partial charge is 0.466 e. The van der Waals surface area contributed by atoms with Crippen molar-refractivity contribution in [3.63, 3.8) is 0 Å². The van der Waals surface area contributed by atoms with Crippen molar-refractivity contribution < 1.29 is 9.52 Å². The first-order chi connectivity index (χ1) is 7.59. The third kappa shape index (κ3) is 1.91. The van der Waals surface area contributed by atoms with Crippen molar-refractivity contribution in [2.45, 2.75) is 20.0 Å². The van der Waals surface area contributed by atoms with Crippen LogP contribution in [-0.2, 0) is 0 Å². The molecule has 3 heteroatoms.